The lowest BCUT2D eigenvalue weighted by molar-refractivity contribution is -0.126. The van der Waals surface area contributed by atoms with Gasteiger partial charge >= 0.3 is 0 Å². The van der Waals surface area contributed by atoms with Crippen LogP contribution in [0.4, 0.5) is 0 Å². The van der Waals surface area contributed by atoms with Gasteiger partial charge in [-0.05, 0) is 68.0 Å². The highest BCUT2D eigenvalue weighted by molar-refractivity contribution is 7.88. The maximum absolute atomic E-state index is 12.9. The number of rotatable bonds is 6. The van der Waals surface area contributed by atoms with Gasteiger partial charge in [0.15, 0.2) is 0 Å². The standard InChI is InChI=1S/C23H29ClN2O3S/c1-16-6-9-20(13-17(16)2)18(3)25-23(27)21-5-4-12-26(14-21)30(28,29)15-19-7-10-22(24)11-8-19/h6-11,13,18,21H,4-5,12,14-15H2,1-3H3,(H,25,27)/t18-,21+/m0/s1. The van der Waals surface area contributed by atoms with Gasteiger partial charge < -0.3 is 5.32 Å². The molecule has 0 spiro atoms. The molecular weight excluding hydrogens is 420 g/mol. The summed E-state index contributed by atoms with van der Waals surface area (Å²) < 4.78 is 27.2. The minimum atomic E-state index is -3.50. The van der Waals surface area contributed by atoms with E-state index in [1.807, 2.05) is 13.0 Å². The van der Waals surface area contributed by atoms with Crippen molar-refractivity contribution in [1.29, 1.82) is 0 Å². The van der Waals surface area contributed by atoms with E-state index in [9.17, 15) is 13.2 Å². The Hall–Kier alpha value is -1.89. The monoisotopic (exact) mass is 448 g/mol. The number of nitrogens with zero attached hydrogens (tertiary/aromatic N) is 1. The number of benzene rings is 2. The molecule has 1 aliphatic rings. The van der Waals surface area contributed by atoms with Gasteiger partial charge in [0.25, 0.3) is 0 Å². The third-order valence-corrected chi connectivity index (χ3v) is 7.87. The second-order valence-corrected chi connectivity index (χ2v) is 10.6. The Labute approximate surface area is 184 Å². The minimum Gasteiger partial charge on any atom is -0.349 e. The highest BCUT2D eigenvalue weighted by atomic mass is 35.5. The number of aryl methyl sites for hydroxylation is 2. The lowest BCUT2D eigenvalue weighted by Crippen LogP contribution is -2.46. The first-order valence-electron chi connectivity index (χ1n) is 10.3. The molecule has 1 amide bonds. The van der Waals surface area contributed by atoms with E-state index < -0.39 is 10.0 Å². The zero-order valence-corrected chi connectivity index (χ0v) is 19.3. The quantitative estimate of drug-likeness (QED) is 0.713. The lowest BCUT2D eigenvalue weighted by atomic mass is 9.97. The van der Waals surface area contributed by atoms with Crippen molar-refractivity contribution < 1.29 is 13.2 Å². The molecule has 5 nitrogen and oxygen atoms in total. The van der Waals surface area contributed by atoms with Crippen molar-refractivity contribution in [2.75, 3.05) is 13.1 Å². The normalized spacial score (nSPS) is 18.7. The number of nitrogens with one attached hydrogen (secondary N) is 1. The van der Waals surface area contributed by atoms with Crippen LogP contribution in [0, 0.1) is 19.8 Å². The molecule has 3 rings (SSSR count). The van der Waals surface area contributed by atoms with Gasteiger partial charge in [0.05, 0.1) is 17.7 Å². The Balaban J connectivity index is 1.63. The number of carbonyl (C=O) groups excluding carboxylic acids is 1. The maximum Gasteiger partial charge on any atom is 0.224 e. The van der Waals surface area contributed by atoms with Crippen LogP contribution in [0.25, 0.3) is 0 Å². The molecule has 7 heteroatoms. The third-order valence-electron chi connectivity index (χ3n) is 5.80. The summed E-state index contributed by atoms with van der Waals surface area (Å²) in [6.07, 6.45) is 1.37. The smallest absolute Gasteiger partial charge is 0.224 e. The Morgan fingerprint density at radius 2 is 1.87 bits per heavy atom. The number of hydrogen-bond donors (Lipinski definition) is 1. The molecule has 1 aliphatic heterocycles. The first-order valence-corrected chi connectivity index (χ1v) is 12.2. The van der Waals surface area contributed by atoms with Gasteiger partial charge in [-0.3, -0.25) is 4.79 Å². The first-order chi connectivity index (χ1) is 14.2. The van der Waals surface area contributed by atoms with E-state index in [1.54, 1.807) is 24.3 Å². The van der Waals surface area contributed by atoms with Gasteiger partial charge in [0.2, 0.25) is 15.9 Å². The van der Waals surface area contributed by atoms with E-state index in [4.69, 9.17) is 11.6 Å². The largest absolute Gasteiger partial charge is 0.349 e. The fourth-order valence-electron chi connectivity index (χ4n) is 3.74. The minimum absolute atomic E-state index is 0.0858. The van der Waals surface area contributed by atoms with Crippen LogP contribution in [0.2, 0.25) is 5.02 Å². The number of sulfonamides is 1. The van der Waals surface area contributed by atoms with Gasteiger partial charge in [-0.15, -0.1) is 0 Å². The molecule has 2 aromatic carbocycles. The second-order valence-electron chi connectivity index (χ2n) is 8.15. The first kappa shape index (κ1) is 22.8. The van der Waals surface area contributed by atoms with Crippen molar-refractivity contribution in [3.63, 3.8) is 0 Å². The van der Waals surface area contributed by atoms with Gasteiger partial charge in [-0.1, -0.05) is 41.9 Å². The molecule has 0 bridgehead atoms. The molecule has 0 saturated carbocycles. The number of halogens is 1. The highest BCUT2D eigenvalue weighted by Crippen LogP contribution is 2.24. The summed E-state index contributed by atoms with van der Waals surface area (Å²) in [6, 6.07) is 12.9. The topological polar surface area (TPSA) is 66.5 Å². The molecule has 1 N–H and O–H groups in total. The summed E-state index contributed by atoms with van der Waals surface area (Å²) in [7, 11) is -3.50. The van der Waals surface area contributed by atoms with Crippen molar-refractivity contribution in [3.05, 3.63) is 69.7 Å². The Morgan fingerprint density at radius 1 is 1.17 bits per heavy atom. The van der Waals surface area contributed by atoms with E-state index in [0.717, 1.165) is 5.56 Å². The lowest BCUT2D eigenvalue weighted by Gasteiger charge is -2.32. The zero-order chi connectivity index (χ0) is 21.9. The average molecular weight is 449 g/mol. The van der Waals surface area contributed by atoms with E-state index in [1.165, 1.54) is 15.4 Å². The number of hydrogen-bond acceptors (Lipinski definition) is 3. The highest BCUT2D eigenvalue weighted by Gasteiger charge is 2.32. The van der Waals surface area contributed by atoms with Crippen molar-refractivity contribution >= 4 is 27.5 Å². The average Bonchev–Trinajstić information content (AvgIpc) is 2.71. The molecular formula is C23H29ClN2O3S. The summed E-state index contributed by atoms with van der Waals surface area (Å²) in [5.41, 5.74) is 4.14. The molecule has 1 fully saturated rings. The number of carbonyl (C=O) groups is 1. The van der Waals surface area contributed by atoms with Crippen LogP contribution in [0.5, 0.6) is 0 Å². The Bertz CT molecular complexity index is 1010. The van der Waals surface area contributed by atoms with Crippen molar-refractivity contribution in [2.24, 2.45) is 5.92 Å². The fraction of sp³-hybridized carbons (Fsp3) is 0.435. The van der Waals surface area contributed by atoms with Crippen molar-refractivity contribution in [2.45, 2.75) is 45.4 Å². The third kappa shape index (κ3) is 5.62. The molecule has 2 atom stereocenters. The maximum atomic E-state index is 12.9. The molecule has 0 aliphatic carbocycles. The van der Waals surface area contributed by atoms with Gasteiger partial charge in [0, 0.05) is 18.1 Å². The molecule has 0 radical (unpaired) electrons. The summed E-state index contributed by atoms with van der Waals surface area (Å²) in [6.45, 7) is 6.75. The molecule has 1 saturated heterocycles. The number of amides is 1. The molecule has 30 heavy (non-hydrogen) atoms. The molecule has 1 heterocycles. The molecule has 0 aromatic heterocycles. The van der Waals surface area contributed by atoms with Crippen molar-refractivity contribution in [3.8, 4) is 0 Å². The molecule has 162 valence electrons. The summed E-state index contributed by atoms with van der Waals surface area (Å²) >= 11 is 5.88. The fourth-order valence-corrected chi connectivity index (χ4v) is 5.48. The zero-order valence-electron chi connectivity index (χ0n) is 17.7. The van der Waals surface area contributed by atoms with Crippen LogP contribution in [0.3, 0.4) is 0 Å². The molecule has 0 unspecified atom stereocenters. The predicted molar refractivity (Wildman–Crippen MR) is 121 cm³/mol. The van der Waals surface area contributed by atoms with Crippen LogP contribution < -0.4 is 5.32 Å². The Kier molecular flexibility index (Phi) is 7.22. The van der Waals surface area contributed by atoms with Crippen LogP contribution in [-0.4, -0.2) is 31.7 Å². The molecule has 2 aromatic rings. The van der Waals surface area contributed by atoms with E-state index in [0.29, 0.717) is 30.0 Å². The number of piperidine rings is 1. The van der Waals surface area contributed by atoms with Crippen LogP contribution in [0.1, 0.15) is 48.1 Å². The van der Waals surface area contributed by atoms with E-state index in [-0.39, 0.29) is 30.2 Å². The predicted octanol–water partition coefficient (Wildman–Crippen LogP) is 4.38. The van der Waals surface area contributed by atoms with E-state index >= 15 is 0 Å². The summed E-state index contributed by atoms with van der Waals surface area (Å²) in [4.78, 5) is 12.9. The summed E-state index contributed by atoms with van der Waals surface area (Å²) in [5.74, 6) is -0.516. The van der Waals surface area contributed by atoms with Gasteiger partial charge in [-0.25, -0.2) is 12.7 Å². The van der Waals surface area contributed by atoms with E-state index in [2.05, 4.69) is 31.3 Å². The van der Waals surface area contributed by atoms with Gasteiger partial charge in [0.1, 0.15) is 0 Å². The van der Waals surface area contributed by atoms with Crippen LogP contribution in [-0.2, 0) is 20.6 Å². The van der Waals surface area contributed by atoms with Gasteiger partial charge in [-0.2, -0.15) is 0 Å². The van der Waals surface area contributed by atoms with Crippen LogP contribution >= 0.6 is 11.6 Å². The second kappa shape index (κ2) is 9.50. The summed E-state index contributed by atoms with van der Waals surface area (Å²) in [5, 5.41) is 3.64. The SMILES string of the molecule is Cc1ccc([C@H](C)NC(=O)[C@@H]2CCCN(S(=O)(=O)Cc3ccc(Cl)cc3)C2)cc1C. The Morgan fingerprint density at radius 3 is 2.53 bits per heavy atom. The van der Waals surface area contributed by atoms with Crippen molar-refractivity contribution in [1.82, 2.24) is 9.62 Å². The van der Waals surface area contributed by atoms with Crippen LogP contribution in [0.15, 0.2) is 42.5 Å².